The van der Waals surface area contributed by atoms with Crippen LogP contribution in [0.4, 0.5) is 5.69 Å². The first-order valence-corrected chi connectivity index (χ1v) is 17.4. The Hall–Kier alpha value is -3.51. The summed E-state index contributed by atoms with van der Waals surface area (Å²) in [6.07, 6.45) is 2.58. The molecule has 1 spiro atoms. The van der Waals surface area contributed by atoms with Crippen molar-refractivity contribution < 1.29 is 33.8 Å². The second-order valence-electron chi connectivity index (χ2n) is 12.6. The van der Waals surface area contributed by atoms with Gasteiger partial charge in [-0.3, -0.25) is 19.2 Å². The molecule has 48 heavy (non-hydrogen) atoms. The number of esters is 1. The van der Waals surface area contributed by atoms with E-state index in [0.29, 0.717) is 22.7 Å². The Kier molecular flexibility index (Phi) is 11.1. The molecular formula is C36H41BrClN3O7. The van der Waals surface area contributed by atoms with Gasteiger partial charge < -0.3 is 29.7 Å². The lowest BCUT2D eigenvalue weighted by atomic mass is 9.70. The molecule has 12 heteroatoms. The predicted octanol–water partition coefficient (Wildman–Crippen LogP) is 4.74. The van der Waals surface area contributed by atoms with Crippen LogP contribution in [0, 0.1) is 11.8 Å². The van der Waals surface area contributed by atoms with Gasteiger partial charge in [0.25, 0.3) is 5.91 Å². The maximum absolute atomic E-state index is 14.7. The molecule has 3 aliphatic rings. The zero-order chi connectivity index (χ0) is 34.7. The Morgan fingerprint density at radius 2 is 1.85 bits per heavy atom. The Balaban J connectivity index is 1.52. The molecule has 3 saturated heterocycles. The molecule has 0 aliphatic carbocycles. The van der Waals surface area contributed by atoms with Crippen LogP contribution in [0.5, 0.6) is 0 Å². The highest BCUT2D eigenvalue weighted by atomic mass is 79.9. The van der Waals surface area contributed by atoms with Gasteiger partial charge >= 0.3 is 5.97 Å². The summed E-state index contributed by atoms with van der Waals surface area (Å²) < 4.78 is 12.8. The van der Waals surface area contributed by atoms with E-state index in [2.05, 4.69) is 34.4 Å². The lowest BCUT2D eigenvalue weighted by Crippen LogP contribution is -2.58. The Morgan fingerprint density at radius 1 is 1.17 bits per heavy atom. The topological polar surface area (TPSA) is 125 Å². The molecule has 2 aromatic rings. The molecule has 256 valence electrons. The summed E-state index contributed by atoms with van der Waals surface area (Å²) in [7, 11) is 0. The molecule has 0 saturated carbocycles. The van der Waals surface area contributed by atoms with E-state index < -0.39 is 72.2 Å². The highest BCUT2D eigenvalue weighted by molar-refractivity contribution is 9.09. The van der Waals surface area contributed by atoms with Gasteiger partial charge in [0.15, 0.2) is 0 Å². The molecule has 3 fully saturated rings. The van der Waals surface area contributed by atoms with Gasteiger partial charge in [-0.05, 0) is 44.4 Å². The number of anilines is 1. The van der Waals surface area contributed by atoms with Crippen molar-refractivity contribution in [3.05, 3.63) is 90.5 Å². The normalized spacial score (nSPS) is 27.5. The van der Waals surface area contributed by atoms with Crippen molar-refractivity contribution in [1.82, 2.24) is 10.2 Å². The molecule has 0 aromatic heterocycles. The van der Waals surface area contributed by atoms with Gasteiger partial charge in [-0.25, -0.2) is 0 Å². The number of rotatable bonds is 14. The Labute approximate surface area is 294 Å². The summed E-state index contributed by atoms with van der Waals surface area (Å²) in [4.78, 5) is 58.6. The molecule has 10 nitrogen and oxygen atoms in total. The van der Waals surface area contributed by atoms with Crippen LogP contribution < -0.4 is 10.2 Å². The van der Waals surface area contributed by atoms with Crippen LogP contribution in [0.3, 0.4) is 0 Å². The predicted molar refractivity (Wildman–Crippen MR) is 185 cm³/mol. The van der Waals surface area contributed by atoms with E-state index in [1.807, 2.05) is 18.2 Å². The minimum atomic E-state index is -1.40. The molecule has 1 unspecified atom stereocenters. The van der Waals surface area contributed by atoms with E-state index >= 15 is 0 Å². The van der Waals surface area contributed by atoms with Crippen LogP contribution in [0.2, 0.25) is 5.02 Å². The lowest BCUT2D eigenvalue weighted by molar-refractivity contribution is -0.162. The number of alkyl halides is 1. The SMILES string of the molecule is C=CCCC(=O)N[C@H](C)[C@@H](OC(=O)[C@H]1[C@@H]2O[C@@]3(CC2Br)[C@@H]1C(=O)N([C@H](C)CO)[C@@H]3C(=O)N(CC=C)c1ccccc1Cl)c1ccccc1. The summed E-state index contributed by atoms with van der Waals surface area (Å²) in [5.41, 5.74) is -0.299. The second kappa shape index (κ2) is 14.9. The molecule has 3 aliphatic heterocycles. The number of carbonyl (C=O) groups is 4. The van der Waals surface area contributed by atoms with E-state index in [-0.39, 0.29) is 30.1 Å². The average Bonchev–Trinajstić information content (AvgIpc) is 3.68. The van der Waals surface area contributed by atoms with Crippen molar-refractivity contribution in [2.75, 3.05) is 18.1 Å². The van der Waals surface area contributed by atoms with Gasteiger partial charge in [-0.1, -0.05) is 82.1 Å². The number of allylic oxidation sites excluding steroid dienone is 1. The highest BCUT2D eigenvalue weighted by Crippen LogP contribution is 2.61. The van der Waals surface area contributed by atoms with Crippen molar-refractivity contribution in [1.29, 1.82) is 0 Å². The number of hydrogen-bond donors (Lipinski definition) is 2. The number of nitrogens with zero attached hydrogens (tertiary/aromatic N) is 2. The summed E-state index contributed by atoms with van der Waals surface area (Å²) in [5.74, 6) is -3.96. The third-order valence-corrected chi connectivity index (χ3v) is 10.6. The van der Waals surface area contributed by atoms with Crippen LogP contribution >= 0.6 is 27.5 Å². The third kappa shape index (κ3) is 6.45. The number of benzene rings is 2. The maximum atomic E-state index is 14.7. The van der Waals surface area contributed by atoms with Gasteiger partial charge in [0, 0.05) is 17.8 Å². The highest BCUT2D eigenvalue weighted by Gasteiger charge is 2.77. The van der Waals surface area contributed by atoms with E-state index in [4.69, 9.17) is 21.1 Å². The van der Waals surface area contributed by atoms with Crippen LogP contribution in [0.1, 0.15) is 44.8 Å². The van der Waals surface area contributed by atoms with Crippen molar-refractivity contribution in [3.8, 4) is 0 Å². The van der Waals surface area contributed by atoms with Gasteiger partial charge in [-0.15, -0.1) is 13.2 Å². The number of halogens is 2. The van der Waals surface area contributed by atoms with Crippen LogP contribution in [0.15, 0.2) is 79.9 Å². The number of aliphatic hydroxyl groups is 1. The number of likely N-dealkylation sites (tertiary alicyclic amines) is 1. The molecule has 2 bridgehead atoms. The summed E-state index contributed by atoms with van der Waals surface area (Å²) in [6, 6.07) is 13.4. The zero-order valence-corrected chi connectivity index (χ0v) is 29.3. The number of nitrogens with one attached hydrogen (secondary N) is 1. The fourth-order valence-corrected chi connectivity index (χ4v) is 8.55. The van der Waals surface area contributed by atoms with E-state index in [9.17, 15) is 24.3 Å². The van der Waals surface area contributed by atoms with Gasteiger partial charge in [0.05, 0.1) is 47.3 Å². The van der Waals surface area contributed by atoms with Crippen molar-refractivity contribution in [3.63, 3.8) is 0 Å². The number of aliphatic hydroxyl groups excluding tert-OH is 1. The smallest absolute Gasteiger partial charge is 0.313 e. The molecule has 3 amide bonds. The van der Waals surface area contributed by atoms with E-state index in [1.165, 1.54) is 9.80 Å². The van der Waals surface area contributed by atoms with Crippen molar-refractivity contribution in [2.24, 2.45) is 11.8 Å². The summed E-state index contributed by atoms with van der Waals surface area (Å²) in [6.45, 7) is 10.6. The fourth-order valence-electron chi connectivity index (χ4n) is 7.37. The first-order valence-electron chi connectivity index (χ1n) is 16.1. The fraction of sp³-hybridized carbons (Fsp3) is 0.444. The lowest BCUT2D eigenvalue weighted by Gasteiger charge is -2.38. The van der Waals surface area contributed by atoms with Crippen molar-refractivity contribution >= 4 is 56.9 Å². The van der Waals surface area contributed by atoms with Crippen LogP contribution in [-0.4, -0.2) is 81.5 Å². The molecule has 9 atom stereocenters. The average molecular weight is 743 g/mol. The largest absolute Gasteiger partial charge is 0.455 e. The second-order valence-corrected chi connectivity index (χ2v) is 14.2. The minimum Gasteiger partial charge on any atom is -0.455 e. The van der Waals surface area contributed by atoms with Crippen LogP contribution in [0.25, 0.3) is 0 Å². The zero-order valence-electron chi connectivity index (χ0n) is 27.0. The van der Waals surface area contributed by atoms with E-state index in [1.54, 1.807) is 62.4 Å². The number of para-hydroxylation sites is 1. The number of hydrogen-bond acceptors (Lipinski definition) is 7. The Bertz CT molecular complexity index is 1560. The molecule has 2 aromatic carbocycles. The molecular weight excluding hydrogens is 702 g/mol. The third-order valence-electron chi connectivity index (χ3n) is 9.48. The van der Waals surface area contributed by atoms with Crippen molar-refractivity contribution in [2.45, 2.75) is 73.9 Å². The quantitative estimate of drug-likeness (QED) is 0.163. The number of ether oxygens (including phenoxy) is 2. The van der Waals surface area contributed by atoms with Crippen LogP contribution in [-0.2, 0) is 28.7 Å². The van der Waals surface area contributed by atoms with E-state index in [0.717, 1.165) is 0 Å². The summed E-state index contributed by atoms with van der Waals surface area (Å²) in [5, 5.41) is 13.5. The number of fused-ring (bicyclic) bond motifs is 1. The number of amides is 3. The maximum Gasteiger partial charge on any atom is 0.313 e. The van der Waals surface area contributed by atoms with Gasteiger partial charge in [0.2, 0.25) is 11.8 Å². The van der Waals surface area contributed by atoms with Gasteiger partial charge in [-0.2, -0.15) is 0 Å². The molecule has 2 N–H and O–H groups in total. The Morgan fingerprint density at radius 3 is 2.50 bits per heavy atom. The molecule has 3 heterocycles. The van der Waals surface area contributed by atoms with Gasteiger partial charge in [0.1, 0.15) is 17.7 Å². The first kappa shape index (κ1) is 35.8. The minimum absolute atomic E-state index is 0.0944. The first-order chi connectivity index (χ1) is 23.0. The standard InChI is InChI=1S/C36H41BrClN3O7/c1-5-7-17-27(43)39-22(4)30(23-13-9-8-10-14-23)47-35(46)28-29-33(44)41(21(3)20-42)32(36(29)19-24(37)31(28)48-36)34(45)40(18-6-2)26-16-12-11-15-25(26)38/h5-6,8-16,21-22,24,28-32,42H,1-2,7,17-20H2,3-4H3,(H,39,43)/t21-,22-,24?,28-,29+,30-,31-,32-,36+/m1/s1. The molecule has 0 radical (unpaired) electrons. The summed E-state index contributed by atoms with van der Waals surface area (Å²) >= 11 is 10.2. The monoisotopic (exact) mass is 741 g/mol. The number of carbonyl (C=O) groups excluding carboxylic acids is 4. The molecule has 5 rings (SSSR count).